The Balaban J connectivity index is 0.981. The minimum absolute atomic E-state index is 0.673. The summed E-state index contributed by atoms with van der Waals surface area (Å²) < 4.78 is 0. The molecule has 11 rings (SSSR count). The minimum Gasteiger partial charge on any atom is -0.398 e. The Hall–Kier alpha value is -9.45. The number of benzene rings is 10. The van der Waals surface area contributed by atoms with Gasteiger partial charge in [0.1, 0.15) is 0 Å². The smallest absolute Gasteiger partial charge is 0.0822 e. The summed E-state index contributed by atoms with van der Waals surface area (Å²) in [5.74, 6) is 0. The summed E-state index contributed by atoms with van der Waals surface area (Å²) in [6.45, 7) is 2.20. The number of pyridine rings is 1. The van der Waals surface area contributed by atoms with Crippen molar-refractivity contribution in [2.75, 3.05) is 20.4 Å². The molecule has 1 aromatic heterocycles. The molecule has 0 fully saturated rings. The fraction of sp³-hybridized carbons (Fsp3) is 0.0441. The van der Waals surface area contributed by atoms with Crippen molar-refractivity contribution >= 4 is 95.8 Å². The molecule has 10 aromatic carbocycles. The van der Waals surface area contributed by atoms with Crippen molar-refractivity contribution in [2.24, 2.45) is 0 Å². The minimum atomic E-state index is 0.673. The Morgan fingerprint density at radius 1 is 0.425 bits per heavy atom. The lowest BCUT2D eigenvalue weighted by Gasteiger charge is -2.29. The predicted octanol–water partition coefficient (Wildman–Crippen LogP) is 18.8. The van der Waals surface area contributed by atoms with Gasteiger partial charge in [-0.15, -0.1) is 0 Å². The van der Waals surface area contributed by atoms with Crippen LogP contribution in [0.1, 0.15) is 36.5 Å². The van der Waals surface area contributed by atoms with Crippen LogP contribution in [0.3, 0.4) is 0 Å². The van der Waals surface area contributed by atoms with Gasteiger partial charge >= 0.3 is 0 Å². The van der Waals surface area contributed by atoms with E-state index in [0.717, 1.165) is 102 Å². The monoisotopic (exact) mass is 941 g/mol. The zero-order valence-electron chi connectivity index (χ0n) is 40.8. The highest BCUT2D eigenvalue weighted by molar-refractivity contribution is 6.16. The first kappa shape index (κ1) is 46.0. The van der Waals surface area contributed by atoms with E-state index in [-0.39, 0.29) is 0 Å². The number of nitrogens with zero attached hydrogens (tertiary/aromatic N) is 4. The topological polar surface area (TPSA) is 48.6 Å². The van der Waals surface area contributed by atoms with E-state index in [2.05, 4.69) is 295 Å². The number of rotatable bonds is 15. The number of para-hydroxylation sites is 5. The molecule has 73 heavy (non-hydrogen) atoms. The van der Waals surface area contributed by atoms with Gasteiger partial charge in [-0.05, 0) is 144 Å². The van der Waals surface area contributed by atoms with Crippen LogP contribution in [-0.2, 0) is 0 Å². The van der Waals surface area contributed by atoms with Crippen LogP contribution in [-0.4, -0.2) is 4.98 Å². The van der Waals surface area contributed by atoms with Crippen LogP contribution < -0.4 is 20.4 Å². The van der Waals surface area contributed by atoms with Gasteiger partial charge in [-0.3, -0.25) is 4.98 Å². The molecule has 0 unspecified atom stereocenters. The maximum absolute atomic E-state index is 7.51. The van der Waals surface area contributed by atoms with Gasteiger partial charge < -0.3 is 20.4 Å². The zero-order chi connectivity index (χ0) is 49.3. The number of anilines is 10. The summed E-state index contributed by atoms with van der Waals surface area (Å²) in [6.07, 6.45) is 8.09. The van der Waals surface area contributed by atoms with E-state index in [1.165, 1.54) is 11.1 Å². The molecule has 11 aromatic rings. The number of nitrogen functional groups attached to an aromatic ring is 1. The Morgan fingerprint density at radius 2 is 0.836 bits per heavy atom. The van der Waals surface area contributed by atoms with Gasteiger partial charge in [-0.2, -0.15) is 0 Å². The van der Waals surface area contributed by atoms with E-state index in [1.807, 2.05) is 6.20 Å². The van der Waals surface area contributed by atoms with Gasteiger partial charge in [0.25, 0.3) is 0 Å². The molecule has 0 saturated carbocycles. The lowest BCUT2D eigenvalue weighted by atomic mass is 9.89. The van der Waals surface area contributed by atoms with Crippen LogP contribution in [0.5, 0.6) is 0 Å². The Labute approximate surface area is 428 Å². The summed E-state index contributed by atoms with van der Waals surface area (Å²) in [6, 6.07) is 92.0. The molecule has 0 aliphatic carbocycles. The molecular formula is C68H55N5. The van der Waals surface area contributed by atoms with Gasteiger partial charge in [0.2, 0.25) is 0 Å². The average Bonchev–Trinajstić information content (AvgIpc) is 3.45. The van der Waals surface area contributed by atoms with Crippen LogP contribution in [0, 0.1) is 0 Å². The summed E-state index contributed by atoms with van der Waals surface area (Å²) in [4.78, 5) is 12.0. The normalized spacial score (nSPS) is 11.7. The fourth-order valence-corrected chi connectivity index (χ4v) is 10.0. The maximum atomic E-state index is 7.51. The lowest BCUT2D eigenvalue weighted by molar-refractivity contribution is 1.21. The summed E-state index contributed by atoms with van der Waals surface area (Å²) in [5, 5.41) is 3.00. The van der Waals surface area contributed by atoms with Crippen LogP contribution in [0.15, 0.2) is 273 Å². The second-order valence-electron chi connectivity index (χ2n) is 18.1. The van der Waals surface area contributed by atoms with Crippen molar-refractivity contribution in [3.63, 3.8) is 0 Å². The van der Waals surface area contributed by atoms with Gasteiger partial charge in [0.15, 0.2) is 0 Å². The quantitative estimate of drug-likeness (QED) is 0.0630. The van der Waals surface area contributed by atoms with Gasteiger partial charge in [-0.1, -0.05) is 177 Å². The molecular weight excluding hydrogens is 887 g/mol. The zero-order valence-corrected chi connectivity index (χ0v) is 40.8. The largest absolute Gasteiger partial charge is 0.398 e. The van der Waals surface area contributed by atoms with Crippen molar-refractivity contribution in [3.8, 4) is 0 Å². The first-order valence-corrected chi connectivity index (χ1v) is 25.0. The van der Waals surface area contributed by atoms with Gasteiger partial charge in [0, 0.05) is 73.7 Å². The Morgan fingerprint density at radius 3 is 1.32 bits per heavy atom. The molecule has 0 atom stereocenters. The maximum Gasteiger partial charge on any atom is 0.0822 e. The SMILES string of the molecule is CC/C=C(/C/C(=C/c1ccccc1)c1ccc(N(c2ccccc2)c2ccccc2)cc1)c1ccc2ccc3c(N(c4ccccc4)c4ccc(N(c5ccccc5)c5ccccc5)cc4)ccnc3c2c1N. The van der Waals surface area contributed by atoms with E-state index in [4.69, 9.17) is 10.7 Å². The lowest BCUT2D eigenvalue weighted by Crippen LogP contribution is -2.12. The Bertz CT molecular complexity index is 3580. The van der Waals surface area contributed by atoms with Crippen molar-refractivity contribution in [1.82, 2.24) is 4.98 Å². The number of aromatic nitrogens is 1. The number of nitrogens with two attached hydrogens (primary N) is 1. The first-order chi connectivity index (χ1) is 36.1. The van der Waals surface area contributed by atoms with E-state index < -0.39 is 0 Å². The molecule has 5 heteroatoms. The molecule has 2 N–H and O–H groups in total. The predicted molar refractivity (Wildman–Crippen MR) is 311 cm³/mol. The second kappa shape index (κ2) is 21.3. The molecule has 0 radical (unpaired) electrons. The second-order valence-corrected chi connectivity index (χ2v) is 18.1. The third-order valence-electron chi connectivity index (χ3n) is 13.4. The van der Waals surface area contributed by atoms with E-state index in [1.54, 1.807) is 0 Å². The Kier molecular flexibility index (Phi) is 13.4. The van der Waals surface area contributed by atoms with Crippen molar-refractivity contribution < 1.29 is 0 Å². The van der Waals surface area contributed by atoms with Crippen molar-refractivity contribution in [1.29, 1.82) is 0 Å². The van der Waals surface area contributed by atoms with Crippen molar-refractivity contribution in [3.05, 3.63) is 290 Å². The number of hydrogen-bond acceptors (Lipinski definition) is 5. The van der Waals surface area contributed by atoms with E-state index >= 15 is 0 Å². The molecule has 352 valence electrons. The third-order valence-corrected chi connectivity index (χ3v) is 13.4. The molecule has 5 nitrogen and oxygen atoms in total. The highest BCUT2D eigenvalue weighted by atomic mass is 15.2. The molecule has 0 saturated heterocycles. The summed E-state index contributed by atoms with van der Waals surface area (Å²) >= 11 is 0. The summed E-state index contributed by atoms with van der Waals surface area (Å²) in [7, 11) is 0. The van der Waals surface area contributed by atoms with Crippen molar-refractivity contribution in [2.45, 2.75) is 19.8 Å². The molecule has 0 aliphatic rings. The highest BCUT2D eigenvalue weighted by Gasteiger charge is 2.21. The number of fused-ring (bicyclic) bond motifs is 3. The van der Waals surface area contributed by atoms with Crippen LogP contribution >= 0.6 is 0 Å². The number of allylic oxidation sites excluding steroid dienone is 3. The van der Waals surface area contributed by atoms with Crippen LogP contribution in [0.4, 0.5) is 56.9 Å². The third kappa shape index (κ3) is 9.73. The molecule has 0 amide bonds. The molecule has 1 heterocycles. The fourth-order valence-electron chi connectivity index (χ4n) is 10.0. The molecule has 0 spiro atoms. The first-order valence-electron chi connectivity index (χ1n) is 25.0. The average molecular weight is 942 g/mol. The van der Waals surface area contributed by atoms with Crippen LogP contribution in [0.25, 0.3) is 38.9 Å². The number of hydrogen-bond donors (Lipinski definition) is 1. The standard InChI is InChI=1S/C68H55N5/c1-2-21-53(49-54(48-50-22-9-3-10-23-50)51-34-38-60(39-35-51)71(55-24-11-4-12-25-55)56-26-13-5-14-27-56)63-44-36-52-37-45-64-65(46-47-70-68(64)66(52)67(63)69)73(59-32-19-8-20-33-59)62-42-40-61(41-43-62)72(57-28-15-6-16-29-57)58-30-17-7-18-31-58/h3-48H,2,49,69H2,1H3/b53-21-,54-48-. The summed E-state index contributed by atoms with van der Waals surface area (Å²) in [5.41, 5.74) is 24.4. The highest BCUT2D eigenvalue weighted by Crippen LogP contribution is 2.45. The van der Waals surface area contributed by atoms with Crippen LogP contribution in [0.2, 0.25) is 0 Å². The van der Waals surface area contributed by atoms with E-state index in [9.17, 15) is 0 Å². The molecule has 0 bridgehead atoms. The van der Waals surface area contributed by atoms with E-state index in [0.29, 0.717) is 6.42 Å². The van der Waals surface area contributed by atoms with Gasteiger partial charge in [-0.25, -0.2) is 0 Å². The van der Waals surface area contributed by atoms with Gasteiger partial charge in [0.05, 0.1) is 11.2 Å². The molecule has 0 aliphatic heterocycles.